The lowest BCUT2D eigenvalue weighted by Crippen LogP contribution is -2.18. The number of aromatic nitrogens is 2. The van der Waals surface area contributed by atoms with Crippen LogP contribution >= 0.6 is 15.9 Å². The summed E-state index contributed by atoms with van der Waals surface area (Å²) >= 11 is 3.24. The van der Waals surface area contributed by atoms with Crippen molar-refractivity contribution < 1.29 is 4.74 Å². The molecule has 5 heteroatoms. The van der Waals surface area contributed by atoms with Crippen LogP contribution in [0, 0.1) is 0 Å². The van der Waals surface area contributed by atoms with E-state index in [1.54, 1.807) is 7.11 Å². The molecule has 0 saturated heterocycles. The maximum atomic E-state index is 11.6. The Morgan fingerprint density at radius 2 is 2.00 bits per heavy atom. The molecule has 1 aromatic rings. The SMILES string of the molecule is COC(C)c1nc(C(C)C)c(Br)c(=O)[nH]1. The van der Waals surface area contributed by atoms with E-state index in [2.05, 4.69) is 25.9 Å². The van der Waals surface area contributed by atoms with Crippen LogP contribution in [0.3, 0.4) is 0 Å². The van der Waals surface area contributed by atoms with E-state index in [0.29, 0.717) is 10.3 Å². The van der Waals surface area contributed by atoms with Crippen molar-refractivity contribution in [2.75, 3.05) is 7.11 Å². The lowest BCUT2D eigenvalue weighted by atomic mass is 10.1. The fourth-order valence-corrected chi connectivity index (χ4v) is 1.83. The number of nitrogens with one attached hydrogen (secondary N) is 1. The first-order valence-electron chi connectivity index (χ1n) is 4.79. The van der Waals surface area contributed by atoms with E-state index in [0.717, 1.165) is 5.69 Å². The largest absolute Gasteiger partial charge is 0.374 e. The molecule has 0 aliphatic rings. The highest BCUT2D eigenvalue weighted by Gasteiger charge is 2.15. The molecule has 1 N–H and O–H groups in total. The molecule has 1 rings (SSSR count). The fraction of sp³-hybridized carbons (Fsp3) is 0.600. The van der Waals surface area contributed by atoms with Gasteiger partial charge in [-0.1, -0.05) is 13.8 Å². The molecule has 0 fully saturated rings. The first kappa shape index (κ1) is 12.4. The molecule has 84 valence electrons. The molecule has 15 heavy (non-hydrogen) atoms. The third kappa shape index (κ3) is 2.66. The van der Waals surface area contributed by atoms with Gasteiger partial charge in [0.2, 0.25) is 0 Å². The molecule has 1 heterocycles. The summed E-state index contributed by atoms with van der Waals surface area (Å²) in [5.74, 6) is 0.763. The summed E-state index contributed by atoms with van der Waals surface area (Å²) in [4.78, 5) is 18.6. The van der Waals surface area contributed by atoms with Crippen molar-refractivity contribution in [2.45, 2.75) is 32.8 Å². The number of H-pyrrole nitrogens is 1. The van der Waals surface area contributed by atoms with Gasteiger partial charge in [-0.15, -0.1) is 0 Å². The van der Waals surface area contributed by atoms with Crippen molar-refractivity contribution in [3.8, 4) is 0 Å². The summed E-state index contributed by atoms with van der Waals surface area (Å²) in [5.41, 5.74) is 0.602. The highest BCUT2D eigenvalue weighted by Crippen LogP contribution is 2.20. The molecule has 0 saturated carbocycles. The van der Waals surface area contributed by atoms with Gasteiger partial charge in [0, 0.05) is 7.11 Å². The summed E-state index contributed by atoms with van der Waals surface area (Å²) in [6.07, 6.45) is -0.205. The van der Waals surface area contributed by atoms with Crippen LogP contribution in [0.5, 0.6) is 0 Å². The van der Waals surface area contributed by atoms with E-state index in [1.165, 1.54) is 0 Å². The lowest BCUT2D eigenvalue weighted by Gasteiger charge is -2.12. The number of halogens is 1. The maximum absolute atomic E-state index is 11.6. The number of hydrogen-bond acceptors (Lipinski definition) is 3. The molecule has 0 aliphatic heterocycles. The van der Waals surface area contributed by atoms with Crippen molar-refractivity contribution in [1.82, 2.24) is 9.97 Å². The Bertz CT molecular complexity index is 401. The second-order valence-electron chi connectivity index (χ2n) is 3.68. The molecule has 0 bridgehead atoms. The zero-order valence-corrected chi connectivity index (χ0v) is 10.9. The van der Waals surface area contributed by atoms with Gasteiger partial charge in [0.15, 0.2) is 0 Å². The Hall–Kier alpha value is -0.680. The summed E-state index contributed by atoms with van der Waals surface area (Å²) in [6.45, 7) is 5.83. The Kier molecular flexibility index (Phi) is 4.04. The number of methoxy groups -OCH3 is 1. The van der Waals surface area contributed by atoms with Gasteiger partial charge in [0.05, 0.1) is 5.69 Å². The van der Waals surface area contributed by atoms with Crippen LogP contribution in [0.25, 0.3) is 0 Å². The van der Waals surface area contributed by atoms with Crippen molar-refractivity contribution in [3.63, 3.8) is 0 Å². The molecule has 1 unspecified atom stereocenters. The minimum Gasteiger partial charge on any atom is -0.374 e. The van der Waals surface area contributed by atoms with Crippen LogP contribution < -0.4 is 5.56 Å². The smallest absolute Gasteiger partial charge is 0.265 e. The summed E-state index contributed by atoms with van der Waals surface area (Å²) in [7, 11) is 1.59. The monoisotopic (exact) mass is 274 g/mol. The predicted octanol–water partition coefficient (Wildman–Crippen LogP) is 2.36. The molecule has 4 nitrogen and oxygen atoms in total. The number of ether oxygens (including phenoxy) is 1. The number of hydrogen-bond donors (Lipinski definition) is 1. The second-order valence-corrected chi connectivity index (χ2v) is 4.48. The van der Waals surface area contributed by atoms with Gasteiger partial charge in [-0.3, -0.25) is 4.79 Å². The number of rotatable bonds is 3. The summed E-state index contributed by atoms with van der Waals surface area (Å²) in [5, 5.41) is 0. The van der Waals surface area contributed by atoms with E-state index in [1.807, 2.05) is 20.8 Å². The minimum absolute atomic E-state index is 0.160. The topological polar surface area (TPSA) is 55.0 Å². The number of aromatic amines is 1. The van der Waals surface area contributed by atoms with Crippen molar-refractivity contribution >= 4 is 15.9 Å². The molecule has 0 aromatic carbocycles. The van der Waals surface area contributed by atoms with E-state index in [9.17, 15) is 4.79 Å². The highest BCUT2D eigenvalue weighted by molar-refractivity contribution is 9.10. The standard InChI is InChI=1S/C10H15BrN2O2/c1-5(2)8-7(11)10(14)13-9(12-8)6(3)15-4/h5-6H,1-4H3,(H,12,13,14). The van der Waals surface area contributed by atoms with Crippen molar-refractivity contribution in [3.05, 3.63) is 26.3 Å². The Balaban J connectivity index is 3.29. The number of nitrogens with zero attached hydrogens (tertiary/aromatic N) is 1. The van der Waals surface area contributed by atoms with Gasteiger partial charge in [0.1, 0.15) is 16.4 Å². The van der Waals surface area contributed by atoms with Gasteiger partial charge < -0.3 is 9.72 Å². The molecule has 0 spiro atoms. The van der Waals surface area contributed by atoms with Gasteiger partial charge in [-0.25, -0.2) is 4.98 Å². The van der Waals surface area contributed by atoms with E-state index < -0.39 is 0 Å². The highest BCUT2D eigenvalue weighted by atomic mass is 79.9. The average molecular weight is 275 g/mol. The Morgan fingerprint density at radius 1 is 1.40 bits per heavy atom. The van der Waals surface area contributed by atoms with Crippen LogP contribution in [0.4, 0.5) is 0 Å². The Labute approximate surface area is 97.2 Å². The summed E-state index contributed by atoms with van der Waals surface area (Å²) < 4.78 is 5.62. The second kappa shape index (κ2) is 4.90. The van der Waals surface area contributed by atoms with Gasteiger partial charge in [-0.05, 0) is 28.8 Å². The van der Waals surface area contributed by atoms with Gasteiger partial charge in [-0.2, -0.15) is 0 Å². The minimum atomic E-state index is -0.205. The zero-order chi connectivity index (χ0) is 11.6. The quantitative estimate of drug-likeness (QED) is 0.921. The molecule has 1 atom stereocenters. The molecule has 1 aromatic heterocycles. The molecular formula is C10H15BrN2O2. The van der Waals surface area contributed by atoms with Crippen LogP contribution in [0.1, 0.15) is 44.3 Å². The van der Waals surface area contributed by atoms with E-state index >= 15 is 0 Å². The average Bonchev–Trinajstić information content (AvgIpc) is 2.20. The molecule has 0 amide bonds. The lowest BCUT2D eigenvalue weighted by molar-refractivity contribution is 0.111. The molecular weight excluding hydrogens is 260 g/mol. The van der Waals surface area contributed by atoms with Crippen LogP contribution in [-0.2, 0) is 4.74 Å². The maximum Gasteiger partial charge on any atom is 0.265 e. The Morgan fingerprint density at radius 3 is 2.47 bits per heavy atom. The summed E-state index contributed by atoms with van der Waals surface area (Å²) in [6, 6.07) is 0. The zero-order valence-electron chi connectivity index (χ0n) is 9.30. The van der Waals surface area contributed by atoms with Crippen LogP contribution in [0.2, 0.25) is 0 Å². The fourth-order valence-electron chi connectivity index (χ4n) is 1.18. The third-order valence-electron chi connectivity index (χ3n) is 2.19. The normalized spacial score (nSPS) is 13.2. The van der Waals surface area contributed by atoms with E-state index in [-0.39, 0.29) is 17.6 Å². The van der Waals surface area contributed by atoms with Gasteiger partial charge >= 0.3 is 0 Å². The molecule has 0 aliphatic carbocycles. The van der Waals surface area contributed by atoms with Crippen molar-refractivity contribution in [2.24, 2.45) is 0 Å². The van der Waals surface area contributed by atoms with Crippen molar-refractivity contribution in [1.29, 1.82) is 0 Å². The first-order valence-corrected chi connectivity index (χ1v) is 5.59. The molecule has 0 radical (unpaired) electrons. The predicted molar refractivity (Wildman–Crippen MR) is 62.1 cm³/mol. The van der Waals surface area contributed by atoms with Crippen LogP contribution in [-0.4, -0.2) is 17.1 Å². The van der Waals surface area contributed by atoms with E-state index in [4.69, 9.17) is 4.74 Å². The first-order chi connectivity index (χ1) is 6.97. The van der Waals surface area contributed by atoms with Gasteiger partial charge in [0.25, 0.3) is 5.56 Å². The third-order valence-corrected chi connectivity index (χ3v) is 2.96. The van der Waals surface area contributed by atoms with Crippen LogP contribution in [0.15, 0.2) is 9.27 Å².